The number of aliphatic imine (C=N–C) groups is 1. The highest BCUT2D eigenvalue weighted by Gasteiger charge is 2.40. The monoisotopic (exact) mass is 481 g/mol. The highest BCUT2D eigenvalue weighted by Crippen LogP contribution is 2.50. The molecule has 0 aliphatic carbocycles. The van der Waals surface area contributed by atoms with Gasteiger partial charge in [0.15, 0.2) is 5.17 Å². The fourth-order valence-corrected chi connectivity index (χ4v) is 6.41. The first kappa shape index (κ1) is 20.9. The lowest BCUT2D eigenvalue weighted by atomic mass is 10.1. The van der Waals surface area contributed by atoms with Gasteiger partial charge < -0.3 is 10.0 Å². The van der Waals surface area contributed by atoms with Crippen LogP contribution >= 0.6 is 23.5 Å². The van der Waals surface area contributed by atoms with Crippen molar-refractivity contribution in [3.63, 3.8) is 0 Å². The van der Waals surface area contributed by atoms with E-state index in [1.165, 1.54) is 11.8 Å². The molecule has 0 atom stereocenters. The Hall–Kier alpha value is -3.68. The van der Waals surface area contributed by atoms with Crippen molar-refractivity contribution in [1.82, 2.24) is 0 Å². The average molecular weight is 482 g/mol. The molecular formula is C27H19N3O2S2. The summed E-state index contributed by atoms with van der Waals surface area (Å²) in [5, 5.41) is 13.5. The number of phenols is 1. The number of anilines is 2. The zero-order chi connectivity index (χ0) is 23.2. The van der Waals surface area contributed by atoms with Gasteiger partial charge in [0.1, 0.15) is 10.7 Å². The topological polar surface area (TPSA) is 56.1 Å². The van der Waals surface area contributed by atoms with Gasteiger partial charge in [0.05, 0.1) is 22.1 Å². The Labute approximate surface area is 205 Å². The Morgan fingerprint density at radius 2 is 1.56 bits per heavy atom. The number of para-hydroxylation sites is 1. The van der Waals surface area contributed by atoms with E-state index in [2.05, 4.69) is 29.2 Å². The standard InChI is InChI=1S/C27H19N3O2S2/c1-29-22-8-4-5-9-23(22)33-26(29)24-25(32)30(20-12-14-21(31)15-13-20)27(34-24)28-19-11-10-17-6-2-3-7-18(17)16-19/h2-16,31H,1H3/b26-24-,28-27?. The number of aromatic hydroxyl groups is 1. The molecule has 1 fully saturated rings. The van der Waals surface area contributed by atoms with Crippen LogP contribution in [0, 0.1) is 0 Å². The van der Waals surface area contributed by atoms with E-state index < -0.39 is 0 Å². The number of thioether (sulfide) groups is 2. The molecule has 0 unspecified atom stereocenters. The van der Waals surface area contributed by atoms with Crippen molar-refractivity contribution in [2.75, 3.05) is 16.8 Å². The zero-order valence-corrected chi connectivity index (χ0v) is 19.8. The van der Waals surface area contributed by atoms with E-state index in [0.717, 1.165) is 32.1 Å². The number of carbonyl (C=O) groups is 1. The third-order valence-corrected chi connectivity index (χ3v) is 8.17. The Morgan fingerprint density at radius 3 is 2.35 bits per heavy atom. The van der Waals surface area contributed by atoms with Crippen LogP contribution in [0.15, 0.2) is 111 Å². The SMILES string of the molecule is CN1/C(=C2/SC(=Nc3ccc4ccccc4c3)N(c3ccc(O)cc3)C2=O)Sc2ccccc21. The molecule has 0 aromatic heterocycles. The minimum Gasteiger partial charge on any atom is -0.508 e. The number of benzene rings is 4. The fraction of sp³-hybridized carbons (Fsp3) is 0.0370. The van der Waals surface area contributed by atoms with Gasteiger partial charge in [-0.2, -0.15) is 0 Å². The Morgan fingerprint density at radius 1 is 0.824 bits per heavy atom. The maximum atomic E-state index is 13.8. The summed E-state index contributed by atoms with van der Waals surface area (Å²) in [6.45, 7) is 0. The van der Waals surface area contributed by atoms with E-state index >= 15 is 0 Å². The predicted molar refractivity (Wildman–Crippen MR) is 142 cm³/mol. The molecule has 4 aromatic rings. The summed E-state index contributed by atoms with van der Waals surface area (Å²) in [5.41, 5.74) is 2.52. The number of hydrogen-bond donors (Lipinski definition) is 1. The zero-order valence-electron chi connectivity index (χ0n) is 18.2. The highest BCUT2D eigenvalue weighted by atomic mass is 32.2. The maximum Gasteiger partial charge on any atom is 0.274 e. The van der Waals surface area contributed by atoms with Gasteiger partial charge in [-0.15, -0.1) is 0 Å². The van der Waals surface area contributed by atoms with Gasteiger partial charge in [0, 0.05) is 11.9 Å². The first-order valence-electron chi connectivity index (χ1n) is 10.7. The number of hydrogen-bond acceptors (Lipinski definition) is 6. The van der Waals surface area contributed by atoms with Crippen molar-refractivity contribution in [3.05, 3.63) is 101 Å². The van der Waals surface area contributed by atoms with Crippen molar-refractivity contribution in [2.24, 2.45) is 4.99 Å². The summed E-state index contributed by atoms with van der Waals surface area (Å²) >= 11 is 2.98. The molecule has 2 aliphatic rings. The molecule has 1 N–H and O–H groups in total. The van der Waals surface area contributed by atoms with E-state index in [-0.39, 0.29) is 11.7 Å². The van der Waals surface area contributed by atoms with Crippen molar-refractivity contribution >= 4 is 62.4 Å². The van der Waals surface area contributed by atoms with Crippen molar-refractivity contribution in [3.8, 4) is 5.75 Å². The molecule has 0 spiro atoms. The summed E-state index contributed by atoms with van der Waals surface area (Å²) in [4.78, 5) is 24.1. The number of nitrogens with zero attached hydrogens (tertiary/aromatic N) is 3. The van der Waals surface area contributed by atoms with Gasteiger partial charge in [-0.1, -0.05) is 54.2 Å². The Bertz CT molecular complexity index is 1510. The molecule has 7 heteroatoms. The second-order valence-corrected chi connectivity index (χ2v) is 9.96. The van der Waals surface area contributed by atoms with Crippen LogP contribution in [0.2, 0.25) is 0 Å². The lowest BCUT2D eigenvalue weighted by Crippen LogP contribution is -2.29. The highest BCUT2D eigenvalue weighted by molar-refractivity contribution is 8.20. The van der Waals surface area contributed by atoms with Crippen LogP contribution < -0.4 is 9.80 Å². The van der Waals surface area contributed by atoms with Crippen LogP contribution in [0.5, 0.6) is 5.75 Å². The van der Waals surface area contributed by atoms with Gasteiger partial charge in [-0.25, -0.2) is 4.99 Å². The van der Waals surface area contributed by atoms with Gasteiger partial charge in [-0.05, 0) is 71.1 Å². The summed E-state index contributed by atoms with van der Waals surface area (Å²) in [6, 6.07) is 28.9. The number of fused-ring (bicyclic) bond motifs is 2. The fourth-order valence-electron chi connectivity index (χ4n) is 4.06. The van der Waals surface area contributed by atoms with Crippen LogP contribution in [0.1, 0.15) is 0 Å². The molecule has 0 radical (unpaired) electrons. The maximum absolute atomic E-state index is 13.8. The first-order chi connectivity index (χ1) is 16.6. The minimum atomic E-state index is -0.127. The van der Waals surface area contributed by atoms with Gasteiger partial charge in [0.2, 0.25) is 0 Å². The Balaban J connectivity index is 1.47. The van der Waals surface area contributed by atoms with Gasteiger partial charge in [-0.3, -0.25) is 9.69 Å². The summed E-state index contributed by atoms with van der Waals surface area (Å²) in [7, 11) is 1.98. The van der Waals surface area contributed by atoms with E-state index in [1.807, 2.05) is 49.5 Å². The largest absolute Gasteiger partial charge is 0.508 e. The second kappa shape index (κ2) is 8.27. The van der Waals surface area contributed by atoms with Crippen LogP contribution in [-0.2, 0) is 4.79 Å². The second-order valence-electron chi connectivity index (χ2n) is 7.95. The molecule has 1 amide bonds. The molecule has 2 heterocycles. The smallest absolute Gasteiger partial charge is 0.274 e. The van der Waals surface area contributed by atoms with Crippen molar-refractivity contribution in [2.45, 2.75) is 4.90 Å². The molecule has 34 heavy (non-hydrogen) atoms. The number of amidine groups is 1. The molecule has 0 saturated carbocycles. The van der Waals surface area contributed by atoms with E-state index in [9.17, 15) is 9.90 Å². The predicted octanol–water partition coefficient (Wildman–Crippen LogP) is 6.72. The van der Waals surface area contributed by atoms with Gasteiger partial charge >= 0.3 is 0 Å². The number of amides is 1. The molecular weight excluding hydrogens is 462 g/mol. The lowest BCUT2D eigenvalue weighted by Gasteiger charge is -2.17. The minimum absolute atomic E-state index is 0.127. The molecule has 166 valence electrons. The Kier molecular flexibility index (Phi) is 5.08. The summed E-state index contributed by atoms with van der Waals surface area (Å²) in [5.74, 6) is 0.0218. The quantitative estimate of drug-likeness (QED) is 0.322. The number of rotatable bonds is 2. The summed E-state index contributed by atoms with van der Waals surface area (Å²) in [6.07, 6.45) is 0. The lowest BCUT2D eigenvalue weighted by molar-refractivity contribution is -0.113. The molecule has 6 rings (SSSR count). The molecule has 5 nitrogen and oxygen atoms in total. The van der Waals surface area contributed by atoms with Gasteiger partial charge in [0.25, 0.3) is 5.91 Å². The van der Waals surface area contributed by atoms with Crippen LogP contribution in [0.25, 0.3) is 10.8 Å². The van der Waals surface area contributed by atoms with Crippen molar-refractivity contribution < 1.29 is 9.90 Å². The molecule has 1 saturated heterocycles. The molecule has 2 aliphatic heterocycles. The van der Waals surface area contributed by atoms with Crippen LogP contribution in [0.3, 0.4) is 0 Å². The van der Waals surface area contributed by atoms with E-state index in [4.69, 9.17) is 4.99 Å². The van der Waals surface area contributed by atoms with E-state index in [1.54, 1.807) is 40.9 Å². The molecule has 0 bridgehead atoms. The molecule has 4 aromatic carbocycles. The average Bonchev–Trinajstić information content (AvgIpc) is 3.36. The first-order valence-corrected chi connectivity index (χ1v) is 12.4. The van der Waals surface area contributed by atoms with Crippen LogP contribution in [0.4, 0.5) is 17.1 Å². The van der Waals surface area contributed by atoms with E-state index in [0.29, 0.717) is 15.8 Å². The van der Waals surface area contributed by atoms with Crippen molar-refractivity contribution in [1.29, 1.82) is 0 Å². The van der Waals surface area contributed by atoms with Crippen LogP contribution in [-0.4, -0.2) is 23.2 Å². The normalized spacial score (nSPS) is 18.9. The number of phenolic OH excluding ortho intramolecular Hbond substituents is 1. The third-order valence-electron chi connectivity index (χ3n) is 5.78. The number of carbonyl (C=O) groups excluding carboxylic acids is 1. The third kappa shape index (κ3) is 3.54. The summed E-state index contributed by atoms with van der Waals surface area (Å²) < 4.78 is 0.